The topological polar surface area (TPSA) is 84.4 Å². The van der Waals surface area contributed by atoms with Crippen molar-refractivity contribution in [2.45, 2.75) is 26.2 Å². The van der Waals surface area contributed by atoms with Crippen LogP contribution in [0.15, 0.2) is 18.2 Å². The average Bonchev–Trinajstić information content (AvgIpc) is 2.46. The van der Waals surface area contributed by atoms with Crippen molar-refractivity contribution in [2.24, 2.45) is 11.8 Å². The van der Waals surface area contributed by atoms with Crippen molar-refractivity contribution in [3.05, 3.63) is 28.3 Å². The van der Waals surface area contributed by atoms with Gasteiger partial charge in [0.1, 0.15) is 11.4 Å². The van der Waals surface area contributed by atoms with E-state index in [0.29, 0.717) is 17.3 Å². The van der Waals surface area contributed by atoms with Crippen molar-refractivity contribution >= 4 is 17.1 Å². The minimum absolute atomic E-state index is 0.0711. The zero-order chi connectivity index (χ0) is 13.8. The molecule has 0 saturated carbocycles. The largest absolute Gasteiger partial charge is 0.366 e. The Morgan fingerprint density at radius 3 is 3.00 bits per heavy atom. The highest BCUT2D eigenvalue weighted by Gasteiger charge is 2.27. The fraction of sp³-hybridized carbons (Fsp3) is 0.538. The Morgan fingerprint density at radius 1 is 1.58 bits per heavy atom. The van der Waals surface area contributed by atoms with E-state index in [1.165, 1.54) is 6.42 Å². The number of hydrazine groups is 1. The molecule has 19 heavy (non-hydrogen) atoms. The summed E-state index contributed by atoms with van der Waals surface area (Å²) in [6.07, 6.45) is 3.39. The summed E-state index contributed by atoms with van der Waals surface area (Å²) in [4.78, 5) is 13.0. The van der Waals surface area contributed by atoms with Gasteiger partial charge in [0.15, 0.2) is 0 Å². The summed E-state index contributed by atoms with van der Waals surface area (Å²) >= 11 is 0. The van der Waals surface area contributed by atoms with Gasteiger partial charge in [-0.15, -0.1) is 0 Å². The van der Waals surface area contributed by atoms with Gasteiger partial charge in [0, 0.05) is 13.1 Å². The first-order valence-electron chi connectivity index (χ1n) is 6.66. The van der Waals surface area contributed by atoms with Crippen LogP contribution in [0.4, 0.5) is 17.1 Å². The Morgan fingerprint density at radius 2 is 2.37 bits per heavy atom. The zero-order valence-electron chi connectivity index (χ0n) is 11.1. The van der Waals surface area contributed by atoms with E-state index in [1.54, 1.807) is 18.2 Å². The van der Waals surface area contributed by atoms with Crippen molar-refractivity contribution < 1.29 is 4.92 Å². The summed E-state index contributed by atoms with van der Waals surface area (Å²) in [6, 6.07) is 5.23. The molecule has 6 heteroatoms. The lowest BCUT2D eigenvalue weighted by molar-refractivity contribution is -0.383. The van der Waals surface area contributed by atoms with Crippen LogP contribution < -0.4 is 16.2 Å². The number of hydrogen-bond acceptors (Lipinski definition) is 5. The van der Waals surface area contributed by atoms with Gasteiger partial charge in [0.05, 0.1) is 4.92 Å². The van der Waals surface area contributed by atoms with Crippen molar-refractivity contribution in [3.63, 3.8) is 0 Å². The van der Waals surface area contributed by atoms with Crippen LogP contribution in [-0.2, 0) is 0 Å². The minimum atomic E-state index is -0.361. The summed E-state index contributed by atoms with van der Waals surface area (Å²) in [5.41, 5.74) is 3.51. The molecule has 1 atom stereocenters. The van der Waals surface area contributed by atoms with Gasteiger partial charge in [0.25, 0.3) is 0 Å². The molecule has 1 aliphatic rings. The zero-order valence-corrected chi connectivity index (χ0v) is 11.1. The molecule has 6 nitrogen and oxygen atoms in total. The number of benzene rings is 1. The number of piperidine rings is 1. The Bertz CT molecular complexity index is 464. The van der Waals surface area contributed by atoms with Gasteiger partial charge >= 0.3 is 5.69 Å². The van der Waals surface area contributed by atoms with Crippen molar-refractivity contribution in [3.8, 4) is 0 Å². The number of anilines is 2. The lowest BCUT2D eigenvalue weighted by atomic mass is 9.95. The number of nitrogens with two attached hydrogens (primary N) is 1. The van der Waals surface area contributed by atoms with E-state index >= 15 is 0 Å². The third-order valence-electron chi connectivity index (χ3n) is 3.79. The molecule has 0 spiro atoms. The molecule has 1 aromatic rings. The standard InChI is InChI=1S/C13H20N4O2/c1-2-10-5-4-8-16(9-10)12-7-3-6-11(15-14)13(12)17(18)19/h3,6-7,10,15H,2,4-5,8-9,14H2,1H3. The maximum Gasteiger partial charge on any atom is 0.316 e. The quantitative estimate of drug-likeness (QED) is 0.496. The molecular formula is C13H20N4O2. The molecule has 1 fully saturated rings. The summed E-state index contributed by atoms with van der Waals surface area (Å²) < 4.78 is 0. The number of nitrogen functional groups attached to an aromatic ring is 1. The molecule has 0 amide bonds. The highest BCUT2D eigenvalue weighted by Crippen LogP contribution is 2.37. The van der Waals surface area contributed by atoms with Crippen molar-refractivity contribution in [2.75, 3.05) is 23.4 Å². The van der Waals surface area contributed by atoms with Crippen LogP contribution in [-0.4, -0.2) is 18.0 Å². The SMILES string of the molecule is CCC1CCCN(c2cccc(NN)c2[N+](=O)[O-])C1. The van der Waals surface area contributed by atoms with Crippen LogP contribution in [0, 0.1) is 16.0 Å². The molecule has 0 aliphatic carbocycles. The van der Waals surface area contributed by atoms with E-state index in [4.69, 9.17) is 5.84 Å². The van der Waals surface area contributed by atoms with E-state index in [0.717, 1.165) is 25.9 Å². The molecule has 1 heterocycles. The number of nitrogens with one attached hydrogen (secondary N) is 1. The second-order valence-corrected chi connectivity index (χ2v) is 4.94. The van der Waals surface area contributed by atoms with Gasteiger partial charge in [-0.05, 0) is 30.9 Å². The second-order valence-electron chi connectivity index (χ2n) is 4.94. The van der Waals surface area contributed by atoms with Crippen LogP contribution >= 0.6 is 0 Å². The highest BCUT2D eigenvalue weighted by atomic mass is 16.6. The molecule has 1 saturated heterocycles. The number of nitrogens with zero attached hydrogens (tertiary/aromatic N) is 2. The van der Waals surface area contributed by atoms with Gasteiger partial charge in [-0.2, -0.15) is 0 Å². The van der Waals surface area contributed by atoms with Crippen molar-refractivity contribution in [1.82, 2.24) is 0 Å². The molecule has 1 aromatic carbocycles. The van der Waals surface area contributed by atoms with E-state index < -0.39 is 0 Å². The van der Waals surface area contributed by atoms with Gasteiger partial charge in [-0.25, -0.2) is 0 Å². The Labute approximate surface area is 112 Å². The maximum atomic E-state index is 11.3. The first-order valence-corrected chi connectivity index (χ1v) is 6.66. The van der Waals surface area contributed by atoms with E-state index in [2.05, 4.69) is 17.2 Å². The molecule has 1 aliphatic heterocycles. The second kappa shape index (κ2) is 5.88. The number of para-hydroxylation sites is 1. The van der Waals surface area contributed by atoms with Crippen LogP contribution in [0.3, 0.4) is 0 Å². The smallest absolute Gasteiger partial charge is 0.316 e. The van der Waals surface area contributed by atoms with Crippen LogP contribution in [0.25, 0.3) is 0 Å². The van der Waals surface area contributed by atoms with Gasteiger partial charge in [-0.3, -0.25) is 16.0 Å². The minimum Gasteiger partial charge on any atom is -0.366 e. The fourth-order valence-electron chi connectivity index (χ4n) is 2.71. The van der Waals surface area contributed by atoms with Crippen molar-refractivity contribution in [1.29, 1.82) is 0 Å². The third kappa shape index (κ3) is 2.78. The number of nitro groups is 1. The normalized spacial score (nSPS) is 19.3. The molecular weight excluding hydrogens is 244 g/mol. The van der Waals surface area contributed by atoms with Gasteiger partial charge < -0.3 is 10.3 Å². The first kappa shape index (κ1) is 13.6. The third-order valence-corrected chi connectivity index (χ3v) is 3.79. The molecule has 0 aromatic heterocycles. The van der Waals surface area contributed by atoms with Crippen LogP contribution in [0.1, 0.15) is 26.2 Å². The van der Waals surface area contributed by atoms with E-state index in [9.17, 15) is 10.1 Å². The number of rotatable bonds is 4. The number of nitro benzene ring substituents is 1. The monoisotopic (exact) mass is 264 g/mol. The highest BCUT2D eigenvalue weighted by molar-refractivity contribution is 5.76. The first-order chi connectivity index (χ1) is 9.17. The summed E-state index contributed by atoms with van der Waals surface area (Å²) in [5.74, 6) is 5.98. The van der Waals surface area contributed by atoms with Crippen LogP contribution in [0.5, 0.6) is 0 Å². The molecule has 3 N–H and O–H groups in total. The summed E-state index contributed by atoms with van der Waals surface area (Å²) in [5, 5.41) is 11.3. The average molecular weight is 264 g/mol. The summed E-state index contributed by atoms with van der Waals surface area (Å²) in [6.45, 7) is 3.91. The Balaban J connectivity index is 2.35. The Kier molecular flexibility index (Phi) is 4.21. The predicted octanol–water partition coefficient (Wildman–Crippen LogP) is 2.51. The molecule has 0 bridgehead atoms. The Hall–Kier alpha value is -1.82. The lowest BCUT2D eigenvalue weighted by Gasteiger charge is -2.33. The summed E-state index contributed by atoms with van der Waals surface area (Å²) in [7, 11) is 0. The maximum absolute atomic E-state index is 11.3. The van der Waals surface area contributed by atoms with Crippen LogP contribution in [0.2, 0.25) is 0 Å². The van der Waals surface area contributed by atoms with E-state index in [-0.39, 0.29) is 10.6 Å². The predicted molar refractivity (Wildman–Crippen MR) is 76.1 cm³/mol. The van der Waals surface area contributed by atoms with Gasteiger partial charge in [0.2, 0.25) is 0 Å². The van der Waals surface area contributed by atoms with E-state index in [1.807, 2.05) is 0 Å². The van der Waals surface area contributed by atoms with Gasteiger partial charge in [-0.1, -0.05) is 19.4 Å². The molecule has 0 radical (unpaired) electrons. The molecule has 104 valence electrons. The lowest BCUT2D eigenvalue weighted by Crippen LogP contribution is -2.35. The molecule has 2 rings (SSSR count). The number of hydrogen-bond donors (Lipinski definition) is 2. The molecule has 1 unspecified atom stereocenters. The fourth-order valence-corrected chi connectivity index (χ4v) is 2.71.